The van der Waals surface area contributed by atoms with Gasteiger partial charge in [0.15, 0.2) is 0 Å². The van der Waals surface area contributed by atoms with Crippen LogP contribution in [0.2, 0.25) is 0 Å². The third-order valence-corrected chi connectivity index (χ3v) is 12.6. The first-order chi connectivity index (χ1) is 36.1. The number of esters is 4. The van der Waals surface area contributed by atoms with Crippen molar-refractivity contribution in [2.45, 2.75) is 245 Å². The lowest BCUT2D eigenvalue weighted by Crippen LogP contribution is -2.38. The largest absolute Gasteiger partial charge is 0.460 e. The Labute approximate surface area is 462 Å². The summed E-state index contributed by atoms with van der Waals surface area (Å²) in [6, 6.07) is 0. The number of rotatable bonds is 48. The van der Waals surface area contributed by atoms with Crippen LogP contribution in [0.5, 0.6) is 0 Å². The summed E-state index contributed by atoms with van der Waals surface area (Å²) in [4.78, 5) is 71.1. The topological polar surface area (TPSA) is 204 Å². The number of quaternary nitrogens is 2. The number of likely N-dealkylation sites (N-methyl/N-ethyl adjacent to an activating group) is 2. The first kappa shape index (κ1) is 74.2. The number of unbranched alkanes of at least 4 members (excludes halogenated alkanes) is 15. The van der Waals surface area contributed by atoms with Crippen LogP contribution in [0.15, 0.2) is 24.3 Å². The van der Waals surface area contributed by atoms with Crippen LogP contribution in [0.1, 0.15) is 220 Å². The molecule has 0 radical (unpaired) electrons. The van der Waals surface area contributed by atoms with Crippen molar-refractivity contribution in [2.24, 2.45) is 0 Å². The summed E-state index contributed by atoms with van der Waals surface area (Å²) >= 11 is 0. The first-order valence-corrected chi connectivity index (χ1v) is 29.6. The number of aliphatic hydroxyl groups excluding tert-OH is 2. The maximum absolute atomic E-state index is 12.4. The highest BCUT2D eigenvalue weighted by Crippen LogP contribution is 2.18. The zero-order valence-electron chi connectivity index (χ0n) is 49.9. The number of hydrogen-bond donors (Lipinski definition) is 4. The second kappa shape index (κ2) is 49.4. The number of ether oxygens (including phenoxy) is 4. The molecule has 4 unspecified atom stereocenters. The van der Waals surface area contributed by atoms with Gasteiger partial charge in [0, 0.05) is 52.1 Å². The predicted molar refractivity (Wildman–Crippen MR) is 305 cm³/mol. The molecule has 4 N–H and O–H groups in total. The van der Waals surface area contributed by atoms with E-state index in [0.717, 1.165) is 101 Å². The van der Waals surface area contributed by atoms with E-state index in [2.05, 4.69) is 43.6 Å². The fourth-order valence-electron chi connectivity index (χ4n) is 7.73. The highest BCUT2D eigenvalue weighted by Gasteiger charge is 2.24. The number of carbonyl (C=O) groups is 6. The molecule has 4 atom stereocenters. The maximum atomic E-state index is 12.4. The number of aliphatic hydroxyl groups is 2. The van der Waals surface area contributed by atoms with Gasteiger partial charge in [0.2, 0.25) is 11.8 Å². The van der Waals surface area contributed by atoms with Crippen molar-refractivity contribution in [1.29, 1.82) is 0 Å². The van der Waals surface area contributed by atoms with Crippen LogP contribution >= 0.6 is 0 Å². The van der Waals surface area contributed by atoms with E-state index in [0.29, 0.717) is 75.7 Å². The van der Waals surface area contributed by atoms with E-state index in [-0.39, 0.29) is 61.4 Å². The third-order valence-electron chi connectivity index (χ3n) is 12.6. The van der Waals surface area contributed by atoms with Gasteiger partial charge in [0.05, 0.1) is 54.5 Å². The van der Waals surface area contributed by atoms with E-state index in [4.69, 9.17) is 18.9 Å². The lowest BCUT2D eigenvalue weighted by molar-refractivity contribution is -0.870. The van der Waals surface area contributed by atoms with Gasteiger partial charge in [-0.15, -0.1) is 0 Å². The molecule has 0 aliphatic heterocycles. The zero-order chi connectivity index (χ0) is 57.3. The normalized spacial score (nSPS) is 13.3. The molecule has 0 saturated heterocycles. The molecule has 0 fully saturated rings. The van der Waals surface area contributed by atoms with Crippen molar-refractivity contribution in [3.63, 3.8) is 0 Å². The molecular formula is C60H114N4O12+2. The van der Waals surface area contributed by atoms with Gasteiger partial charge in [0.25, 0.3) is 0 Å². The molecule has 444 valence electrons. The summed E-state index contributed by atoms with van der Waals surface area (Å²) in [6.45, 7) is 11.0. The summed E-state index contributed by atoms with van der Waals surface area (Å²) in [7, 11) is 12.2. The highest BCUT2D eigenvalue weighted by atomic mass is 16.6. The van der Waals surface area contributed by atoms with Crippen molar-refractivity contribution in [3.05, 3.63) is 24.3 Å². The summed E-state index contributed by atoms with van der Waals surface area (Å²) in [5.74, 6) is -1.40. The molecule has 0 aromatic heterocycles. The average Bonchev–Trinajstić information content (AvgIpc) is 3.34. The van der Waals surface area contributed by atoms with E-state index in [9.17, 15) is 39.0 Å². The van der Waals surface area contributed by atoms with E-state index in [1.54, 1.807) is 0 Å². The number of nitrogens with zero attached hydrogens (tertiary/aromatic N) is 2. The quantitative estimate of drug-likeness (QED) is 0.0148. The molecular weight excluding hydrogens is 969 g/mol. The van der Waals surface area contributed by atoms with Crippen LogP contribution < -0.4 is 10.6 Å². The molecule has 0 aliphatic carbocycles. The van der Waals surface area contributed by atoms with Gasteiger partial charge < -0.3 is 48.8 Å². The molecule has 0 aromatic carbocycles. The second-order valence-electron chi connectivity index (χ2n) is 22.5. The monoisotopic (exact) mass is 1080 g/mol. The Hall–Kier alpha value is -3.86. The molecule has 0 heterocycles. The first-order valence-electron chi connectivity index (χ1n) is 29.6. The van der Waals surface area contributed by atoms with Crippen LogP contribution in [0.3, 0.4) is 0 Å². The Morgan fingerprint density at radius 2 is 0.816 bits per heavy atom. The summed E-state index contributed by atoms with van der Waals surface area (Å²) in [5.41, 5.74) is 0. The number of hydrogen-bond acceptors (Lipinski definition) is 12. The predicted octanol–water partition coefficient (Wildman–Crippen LogP) is 10.1. The molecule has 0 aromatic rings. The Morgan fingerprint density at radius 3 is 1.22 bits per heavy atom. The molecule has 2 amide bonds. The summed E-state index contributed by atoms with van der Waals surface area (Å²) in [5, 5.41) is 26.8. The van der Waals surface area contributed by atoms with Crippen molar-refractivity contribution < 1.29 is 66.9 Å². The Balaban J connectivity index is 0. The molecule has 0 aliphatic rings. The summed E-state index contributed by atoms with van der Waals surface area (Å²) in [6.07, 6.45) is 30.5. The molecule has 0 saturated carbocycles. The fraction of sp³-hybridized carbons (Fsp3) is 0.833. The van der Waals surface area contributed by atoms with E-state index in [1.807, 2.05) is 54.4 Å². The molecule has 16 heteroatoms. The Bertz CT molecular complexity index is 1540. The standard InChI is InChI=1S/C32H59N3O7.C28H54NO5/c1-6-7-14-19-29(42-32(40)22-17-21-31(39)41-26-25-35(3,4)5)28(37)18-15-12-10-8-9-11-13-16-20-30(38)34-24-23-33-27(2)36;1-6-8-10-11-12-13-14-15-17-19-25(30)26(20-16-9-7-2)34-28(32)22-18-21-27(31)33-24-23-29(3,4)5/h12,15,28-29,37H,6-11,13-14,16-26H2,1-5H3,(H-,33,34,36,38);15,17,25-26,30H,6-14,16,18-24H2,1-5H3/q;+1/p+1/b15-12-;17-15-. The molecule has 0 spiro atoms. The van der Waals surface area contributed by atoms with E-state index >= 15 is 0 Å². The minimum Gasteiger partial charge on any atom is -0.460 e. The summed E-state index contributed by atoms with van der Waals surface area (Å²) < 4.78 is 23.2. The van der Waals surface area contributed by atoms with Crippen LogP contribution in [0.25, 0.3) is 0 Å². The van der Waals surface area contributed by atoms with Gasteiger partial charge in [-0.2, -0.15) is 0 Å². The van der Waals surface area contributed by atoms with Crippen LogP contribution in [-0.2, 0) is 47.7 Å². The van der Waals surface area contributed by atoms with Crippen molar-refractivity contribution in [3.8, 4) is 0 Å². The molecule has 0 bridgehead atoms. The van der Waals surface area contributed by atoms with E-state index in [1.165, 1.54) is 45.4 Å². The van der Waals surface area contributed by atoms with Gasteiger partial charge in [-0.25, -0.2) is 0 Å². The maximum Gasteiger partial charge on any atom is 0.306 e. The van der Waals surface area contributed by atoms with Crippen molar-refractivity contribution in [1.82, 2.24) is 10.6 Å². The van der Waals surface area contributed by atoms with Crippen LogP contribution in [-0.4, -0.2) is 161 Å². The lowest BCUT2D eigenvalue weighted by atomic mass is 10.0. The zero-order valence-corrected chi connectivity index (χ0v) is 49.9. The molecule has 76 heavy (non-hydrogen) atoms. The average molecular weight is 1080 g/mol. The number of allylic oxidation sites excluding steroid dienone is 2. The number of carbonyl (C=O) groups excluding carboxylic acids is 6. The van der Waals surface area contributed by atoms with Gasteiger partial charge in [0.1, 0.15) is 38.5 Å². The fourth-order valence-corrected chi connectivity index (χ4v) is 7.73. The number of amides is 2. The van der Waals surface area contributed by atoms with Gasteiger partial charge in [-0.1, -0.05) is 122 Å². The Kier molecular flexibility index (Phi) is 48.3. The lowest BCUT2D eigenvalue weighted by Gasteiger charge is -2.23. The molecule has 0 rings (SSSR count). The third kappa shape index (κ3) is 53.5. The second-order valence-corrected chi connectivity index (χ2v) is 22.5. The van der Waals surface area contributed by atoms with E-state index < -0.39 is 24.4 Å². The van der Waals surface area contributed by atoms with Gasteiger partial charge in [-0.3, -0.25) is 28.8 Å². The molecule has 16 nitrogen and oxygen atoms in total. The minimum atomic E-state index is -0.757. The van der Waals surface area contributed by atoms with Gasteiger partial charge >= 0.3 is 23.9 Å². The Morgan fingerprint density at radius 1 is 0.447 bits per heavy atom. The number of nitrogens with one attached hydrogen (secondary N) is 2. The minimum absolute atomic E-state index is 0.0202. The van der Waals surface area contributed by atoms with Crippen LogP contribution in [0, 0.1) is 0 Å². The smallest absolute Gasteiger partial charge is 0.306 e. The SMILES string of the molecule is CCCCCC(OC(=O)CCCC(=O)OCC[N+](C)(C)C)C(O)C/C=C\CCCCCCCC(=O)NCCNC(C)=O.CCCCCCCC/C=C\CC(O)C(CCCCC)OC(=O)CCCC(=O)OCC[N+](C)(C)C. The highest BCUT2D eigenvalue weighted by molar-refractivity contribution is 5.76. The van der Waals surface area contributed by atoms with Gasteiger partial charge in [-0.05, 0) is 83.5 Å². The van der Waals surface area contributed by atoms with Crippen LogP contribution in [0.4, 0.5) is 0 Å². The van der Waals surface area contributed by atoms with Crippen molar-refractivity contribution >= 4 is 35.7 Å². The van der Waals surface area contributed by atoms with Crippen molar-refractivity contribution in [2.75, 3.05) is 81.7 Å².